The summed E-state index contributed by atoms with van der Waals surface area (Å²) in [6, 6.07) is 3.50. The van der Waals surface area contributed by atoms with E-state index in [1.807, 2.05) is 20.0 Å². The van der Waals surface area contributed by atoms with Gasteiger partial charge in [-0.15, -0.1) is 0 Å². The van der Waals surface area contributed by atoms with Gasteiger partial charge < -0.3 is 4.74 Å². The van der Waals surface area contributed by atoms with E-state index in [1.165, 1.54) is 31.4 Å². The van der Waals surface area contributed by atoms with Crippen molar-refractivity contribution in [1.82, 2.24) is 29.7 Å². The molecule has 2 bridgehead atoms. The predicted molar refractivity (Wildman–Crippen MR) is 128 cm³/mol. The topological polar surface area (TPSA) is 78.6 Å². The second-order valence-corrected chi connectivity index (χ2v) is 10.6. The molecule has 4 aliphatic rings. The number of aryl methyl sites for hydroxylation is 2. The van der Waals surface area contributed by atoms with Crippen LogP contribution < -0.4 is 0 Å². The van der Waals surface area contributed by atoms with Gasteiger partial charge in [0.25, 0.3) is 0 Å². The van der Waals surface area contributed by atoms with Gasteiger partial charge in [-0.2, -0.15) is 5.10 Å². The maximum absolute atomic E-state index is 14.9. The molecule has 0 spiro atoms. The number of hydrogen-bond acceptors (Lipinski definition) is 6. The minimum absolute atomic E-state index is 0.00267. The van der Waals surface area contributed by atoms with Crippen LogP contribution in [0.5, 0.6) is 0 Å². The molecule has 9 heteroatoms. The number of halogens is 2. The molecule has 1 aliphatic heterocycles. The Kier molecular flexibility index (Phi) is 4.77. The lowest BCUT2D eigenvalue weighted by molar-refractivity contribution is -0.0980. The summed E-state index contributed by atoms with van der Waals surface area (Å²) in [6.07, 6.45) is 9.08. The first-order valence-corrected chi connectivity index (χ1v) is 12.5. The van der Waals surface area contributed by atoms with Gasteiger partial charge in [-0.1, -0.05) is 0 Å². The van der Waals surface area contributed by atoms with Gasteiger partial charge in [-0.25, -0.2) is 28.7 Å². The number of benzene rings is 1. The van der Waals surface area contributed by atoms with Gasteiger partial charge in [0, 0.05) is 35.9 Å². The molecule has 1 aromatic carbocycles. The monoisotopic (exact) mass is 488 g/mol. The molecule has 8 rings (SSSR count). The van der Waals surface area contributed by atoms with Gasteiger partial charge in [0.05, 0.1) is 29.2 Å². The van der Waals surface area contributed by atoms with E-state index in [4.69, 9.17) is 14.7 Å². The van der Waals surface area contributed by atoms with Crippen molar-refractivity contribution in [2.45, 2.75) is 63.5 Å². The Morgan fingerprint density at radius 2 is 1.83 bits per heavy atom. The summed E-state index contributed by atoms with van der Waals surface area (Å²) in [4.78, 5) is 18.8. The summed E-state index contributed by atoms with van der Waals surface area (Å²) < 4.78 is 36.8. The Balaban J connectivity index is 1.26. The highest BCUT2D eigenvalue weighted by atomic mass is 19.1. The summed E-state index contributed by atoms with van der Waals surface area (Å²) in [6.45, 7) is 4.28. The summed E-state index contributed by atoms with van der Waals surface area (Å²) in [5, 5.41) is 4.67. The molecule has 1 unspecified atom stereocenters. The van der Waals surface area contributed by atoms with E-state index in [9.17, 15) is 8.78 Å². The normalized spacial score (nSPS) is 27.1. The van der Waals surface area contributed by atoms with Crippen LogP contribution in [0.4, 0.5) is 8.78 Å². The summed E-state index contributed by atoms with van der Waals surface area (Å²) >= 11 is 0. The zero-order valence-electron chi connectivity index (χ0n) is 20.2. The van der Waals surface area contributed by atoms with Crippen molar-refractivity contribution >= 4 is 11.2 Å². The molecule has 36 heavy (non-hydrogen) atoms. The number of fused-ring (bicyclic) bond motifs is 1. The molecular formula is C27H26F2N6O. The Morgan fingerprint density at radius 1 is 1.03 bits per heavy atom. The molecule has 0 amide bonds. The zero-order chi connectivity index (χ0) is 24.6. The van der Waals surface area contributed by atoms with Crippen LogP contribution in [0, 0.1) is 31.4 Å². The minimum atomic E-state index is -0.688. The predicted octanol–water partition coefficient (Wildman–Crippen LogP) is 5.32. The molecule has 184 valence electrons. The van der Waals surface area contributed by atoms with Crippen LogP contribution >= 0.6 is 0 Å². The van der Waals surface area contributed by atoms with E-state index in [1.54, 1.807) is 0 Å². The van der Waals surface area contributed by atoms with Crippen LogP contribution in [0.15, 0.2) is 30.6 Å². The van der Waals surface area contributed by atoms with Crippen molar-refractivity contribution in [3.63, 3.8) is 0 Å². The third kappa shape index (κ3) is 3.36. The van der Waals surface area contributed by atoms with Gasteiger partial charge in [-0.05, 0) is 64.0 Å². The van der Waals surface area contributed by atoms with Gasteiger partial charge in [0.1, 0.15) is 28.7 Å². The highest BCUT2D eigenvalue weighted by Crippen LogP contribution is 2.62. The molecule has 1 saturated heterocycles. The van der Waals surface area contributed by atoms with Crippen molar-refractivity contribution in [2.75, 3.05) is 6.61 Å². The van der Waals surface area contributed by atoms with E-state index in [0.29, 0.717) is 35.7 Å². The summed E-state index contributed by atoms with van der Waals surface area (Å²) in [5.74, 6) is 0.135. The fourth-order valence-electron chi connectivity index (χ4n) is 5.92. The quantitative estimate of drug-likeness (QED) is 0.387. The van der Waals surface area contributed by atoms with Crippen molar-refractivity contribution < 1.29 is 13.5 Å². The van der Waals surface area contributed by atoms with E-state index < -0.39 is 11.6 Å². The molecule has 3 aliphatic carbocycles. The van der Waals surface area contributed by atoms with Crippen LogP contribution in [0.25, 0.3) is 22.4 Å². The third-order valence-electron chi connectivity index (χ3n) is 8.26. The van der Waals surface area contributed by atoms with E-state index in [-0.39, 0.29) is 23.1 Å². The van der Waals surface area contributed by atoms with Crippen LogP contribution in [-0.2, 0) is 10.3 Å². The average Bonchev–Trinajstić information content (AvgIpc) is 3.27. The number of hydrogen-bond donors (Lipinski definition) is 0. The average molecular weight is 489 g/mol. The fraction of sp³-hybridized carbons (Fsp3) is 0.444. The first-order chi connectivity index (χ1) is 17.4. The maximum Gasteiger partial charge on any atom is 0.182 e. The Hall–Kier alpha value is -3.33. The lowest BCUT2D eigenvalue weighted by atomic mass is 9.50. The Morgan fingerprint density at radius 3 is 2.58 bits per heavy atom. The molecular weight excluding hydrogens is 462 g/mol. The molecule has 4 aromatic rings. The van der Waals surface area contributed by atoms with Gasteiger partial charge in [-0.3, -0.25) is 4.68 Å². The van der Waals surface area contributed by atoms with Gasteiger partial charge in [0.15, 0.2) is 5.65 Å². The largest absolute Gasteiger partial charge is 0.373 e. The highest BCUT2D eigenvalue weighted by Gasteiger charge is 2.58. The Labute approximate surface area is 207 Å². The standard InChI is InChI=1S/C27H26F2N6O/c1-14-15(2)32-26-24(31-14)23(20-4-3-19(28)8-21(20)29)33-25(34-26)17-5-6-36-22(7-17)18-12-30-35(13-18)27-9-16(10-27)11-27/h3-4,8,12-13,16-17,22H,5-7,9-11H2,1-2H3/t16?,17-,22?,27?/m1/s1. The molecule has 3 saturated carbocycles. The van der Waals surface area contributed by atoms with Gasteiger partial charge in [0.2, 0.25) is 0 Å². The second-order valence-electron chi connectivity index (χ2n) is 10.6. The molecule has 7 nitrogen and oxygen atoms in total. The van der Waals surface area contributed by atoms with E-state index >= 15 is 0 Å². The third-order valence-corrected chi connectivity index (χ3v) is 8.26. The highest BCUT2D eigenvalue weighted by molar-refractivity contribution is 5.87. The minimum Gasteiger partial charge on any atom is -0.373 e. The fourth-order valence-corrected chi connectivity index (χ4v) is 5.92. The maximum atomic E-state index is 14.9. The molecule has 4 heterocycles. The second kappa shape index (κ2) is 7.83. The van der Waals surface area contributed by atoms with Crippen LogP contribution in [0.3, 0.4) is 0 Å². The molecule has 0 N–H and O–H groups in total. The van der Waals surface area contributed by atoms with E-state index in [2.05, 4.69) is 25.9 Å². The Bertz CT molecular complexity index is 1500. The smallest absolute Gasteiger partial charge is 0.182 e. The number of aromatic nitrogens is 6. The lowest BCUT2D eigenvalue weighted by Crippen LogP contribution is -2.59. The summed E-state index contributed by atoms with van der Waals surface area (Å²) in [7, 11) is 0. The van der Waals surface area contributed by atoms with E-state index in [0.717, 1.165) is 35.4 Å². The first kappa shape index (κ1) is 21.9. The SMILES string of the molecule is Cc1nc2nc([C@@H]3CCOC(c4cnn(C56CC(C5)C6)c4)C3)nc(-c3ccc(F)cc3F)c2nc1C. The van der Waals surface area contributed by atoms with Crippen LogP contribution in [-0.4, -0.2) is 36.3 Å². The molecule has 3 aromatic heterocycles. The zero-order valence-corrected chi connectivity index (χ0v) is 20.2. The molecule has 4 fully saturated rings. The first-order valence-electron chi connectivity index (χ1n) is 12.5. The van der Waals surface area contributed by atoms with Gasteiger partial charge >= 0.3 is 0 Å². The molecule has 0 radical (unpaired) electrons. The van der Waals surface area contributed by atoms with Crippen molar-refractivity contribution in [3.8, 4) is 11.3 Å². The van der Waals surface area contributed by atoms with Crippen molar-refractivity contribution in [3.05, 3.63) is 65.0 Å². The number of nitrogens with zero attached hydrogens (tertiary/aromatic N) is 6. The van der Waals surface area contributed by atoms with Crippen LogP contribution in [0.2, 0.25) is 0 Å². The van der Waals surface area contributed by atoms with Crippen molar-refractivity contribution in [2.24, 2.45) is 5.92 Å². The lowest BCUT2D eigenvalue weighted by Gasteiger charge is -2.61. The van der Waals surface area contributed by atoms with Crippen LogP contribution in [0.1, 0.15) is 66.9 Å². The number of rotatable bonds is 4. The number of ether oxygens (including phenoxy) is 1. The van der Waals surface area contributed by atoms with Crippen molar-refractivity contribution in [1.29, 1.82) is 0 Å². The summed E-state index contributed by atoms with van der Waals surface area (Å²) in [5.41, 5.74) is 4.13. The molecule has 2 atom stereocenters.